The monoisotopic (exact) mass is 472 g/mol. The number of carbonyl (C=O) groups excluding carboxylic acids is 2. The first kappa shape index (κ1) is 24.3. The molecule has 1 radical (unpaired) electrons. The van der Waals surface area contributed by atoms with Gasteiger partial charge in [-0.05, 0) is 48.5 Å². The molecule has 7 heteroatoms. The van der Waals surface area contributed by atoms with Gasteiger partial charge in [-0.25, -0.2) is 5.32 Å². The van der Waals surface area contributed by atoms with E-state index in [2.05, 4.69) is 20.6 Å². The van der Waals surface area contributed by atoms with Crippen LogP contribution in [0.4, 0.5) is 0 Å². The summed E-state index contributed by atoms with van der Waals surface area (Å²) in [6.07, 6.45) is 7.96. The summed E-state index contributed by atoms with van der Waals surface area (Å²) in [6, 6.07) is 15.6. The van der Waals surface area contributed by atoms with Gasteiger partial charge in [-0.2, -0.15) is 0 Å². The Balaban J connectivity index is 1.42. The molecular formula is C28H32N4O3+. The molecule has 0 fully saturated rings. The summed E-state index contributed by atoms with van der Waals surface area (Å²) in [7, 11) is 1.63. The van der Waals surface area contributed by atoms with Gasteiger partial charge in [0.1, 0.15) is 17.6 Å². The second-order valence-corrected chi connectivity index (χ2v) is 8.87. The Morgan fingerprint density at radius 3 is 2.69 bits per heavy atom. The number of methoxy groups -OCH3 is 1. The van der Waals surface area contributed by atoms with Crippen LogP contribution in [0.3, 0.4) is 0 Å². The van der Waals surface area contributed by atoms with Crippen molar-refractivity contribution in [3.63, 3.8) is 0 Å². The minimum atomic E-state index is -0.239. The first-order valence-electron chi connectivity index (χ1n) is 12.1. The van der Waals surface area contributed by atoms with Gasteiger partial charge < -0.3 is 19.8 Å². The third kappa shape index (κ3) is 6.38. The number of rotatable bonds is 12. The first-order chi connectivity index (χ1) is 17.0. The third-order valence-corrected chi connectivity index (χ3v) is 6.19. The van der Waals surface area contributed by atoms with Gasteiger partial charge in [0.15, 0.2) is 11.9 Å². The van der Waals surface area contributed by atoms with Crippen molar-refractivity contribution >= 4 is 34.1 Å². The molecule has 0 unspecified atom stereocenters. The normalized spacial score (nSPS) is 13.7. The molecule has 0 spiro atoms. The van der Waals surface area contributed by atoms with E-state index in [0.29, 0.717) is 6.42 Å². The number of hydrogen-bond donors (Lipinski definition) is 3. The zero-order chi connectivity index (χ0) is 24.6. The number of aromatic amines is 1. The summed E-state index contributed by atoms with van der Waals surface area (Å²) in [5.74, 6) is 1.64. The number of unbranched alkanes of at least 4 members (excludes halogenated alkanes) is 2. The predicted octanol–water partition coefficient (Wildman–Crippen LogP) is 4.08. The molecular weight excluding hydrogens is 440 g/mol. The van der Waals surface area contributed by atoms with Gasteiger partial charge in [0.05, 0.1) is 13.5 Å². The van der Waals surface area contributed by atoms with Gasteiger partial charge >= 0.3 is 5.84 Å². The lowest BCUT2D eigenvalue weighted by Gasteiger charge is -2.15. The molecule has 181 valence electrons. The molecule has 2 aromatic carbocycles. The number of aromatic nitrogens is 1. The van der Waals surface area contributed by atoms with E-state index >= 15 is 0 Å². The van der Waals surface area contributed by atoms with E-state index in [9.17, 15) is 9.59 Å². The molecule has 1 aliphatic heterocycles. The molecule has 3 aromatic rings. The summed E-state index contributed by atoms with van der Waals surface area (Å²) in [6.45, 7) is 1.62. The molecule has 35 heavy (non-hydrogen) atoms. The Labute approximate surface area is 205 Å². The molecule has 1 atom stereocenters. The van der Waals surface area contributed by atoms with Crippen LogP contribution in [0.15, 0.2) is 60.9 Å². The number of H-pyrrole nitrogens is 1. The fraction of sp³-hybridized carbons (Fsp3) is 0.321. The van der Waals surface area contributed by atoms with Crippen LogP contribution in [0, 0.1) is 0 Å². The third-order valence-electron chi connectivity index (χ3n) is 6.19. The number of Topliss-reactive ketones (excluding diaryl/α,β-unsaturated/α-hetero) is 1. The molecule has 1 amide bonds. The summed E-state index contributed by atoms with van der Waals surface area (Å²) in [5.41, 5.74) is 3.85. The molecule has 4 rings (SSSR count). The van der Waals surface area contributed by atoms with E-state index in [1.165, 1.54) is 0 Å². The van der Waals surface area contributed by atoms with Gasteiger partial charge in [0.2, 0.25) is 5.91 Å². The highest BCUT2D eigenvalue weighted by Gasteiger charge is 2.31. The summed E-state index contributed by atoms with van der Waals surface area (Å²) >= 11 is 0. The maximum Gasteiger partial charge on any atom is 0.319 e. The highest BCUT2D eigenvalue weighted by molar-refractivity contribution is 5.99. The zero-order valence-electron chi connectivity index (χ0n) is 20.3. The second kappa shape index (κ2) is 11.5. The van der Waals surface area contributed by atoms with Crippen LogP contribution in [-0.4, -0.2) is 35.7 Å². The van der Waals surface area contributed by atoms with Crippen molar-refractivity contribution < 1.29 is 14.3 Å². The number of ketones is 1. The Morgan fingerprint density at radius 2 is 1.91 bits per heavy atom. The van der Waals surface area contributed by atoms with Crippen LogP contribution in [0.5, 0.6) is 5.75 Å². The van der Waals surface area contributed by atoms with Crippen molar-refractivity contribution in [2.45, 2.75) is 51.5 Å². The fourth-order valence-electron chi connectivity index (χ4n) is 4.30. The van der Waals surface area contributed by atoms with E-state index in [1.807, 2.05) is 60.9 Å². The number of fused-ring (bicyclic) bond motifs is 1. The highest BCUT2D eigenvalue weighted by atomic mass is 16.5. The molecule has 2 heterocycles. The van der Waals surface area contributed by atoms with E-state index in [1.54, 1.807) is 14.0 Å². The largest absolute Gasteiger partial charge is 0.497 e. The Hall–Kier alpha value is -3.87. The number of hydrogen-bond acceptors (Lipinski definition) is 5. The number of nitrogens with one attached hydrogen (secondary N) is 3. The topological polar surface area (TPSA) is 97.3 Å². The summed E-state index contributed by atoms with van der Waals surface area (Å²) in [4.78, 5) is 32.2. The SMILES string of the molecule is COc1ccc2[nH]cc(CC(=O)N[C@@H](CCCCCC(C)=O)C3=[N+]C=C(c4ccccc4)N3)c2c1. The average Bonchev–Trinajstić information content (AvgIpc) is 3.51. The van der Waals surface area contributed by atoms with Crippen LogP contribution in [0.1, 0.15) is 50.2 Å². The number of nitrogens with zero attached hydrogens (tertiary/aromatic N) is 1. The van der Waals surface area contributed by atoms with Crippen LogP contribution in [-0.2, 0) is 16.0 Å². The lowest BCUT2D eigenvalue weighted by molar-refractivity contribution is -0.120. The van der Waals surface area contributed by atoms with E-state index in [4.69, 9.17) is 4.74 Å². The van der Waals surface area contributed by atoms with Gasteiger partial charge in [-0.3, -0.25) is 4.79 Å². The molecule has 7 nitrogen and oxygen atoms in total. The van der Waals surface area contributed by atoms with E-state index in [0.717, 1.165) is 65.0 Å². The number of amides is 1. The molecule has 0 bridgehead atoms. The number of ether oxygens (including phenoxy) is 1. The maximum absolute atomic E-state index is 13.1. The van der Waals surface area contributed by atoms with Gasteiger partial charge in [0.25, 0.3) is 0 Å². The molecule has 0 saturated carbocycles. The van der Waals surface area contributed by atoms with Crippen LogP contribution in [0.25, 0.3) is 16.6 Å². The Morgan fingerprint density at radius 1 is 1.09 bits per heavy atom. The highest BCUT2D eigenvalue weighted by Crippen LogP contribution is 2.24. The molecule has 0 saturated heterocycles. The van der Waals surface area contributed by atoms with Crippen molar-refractivity contribution in [3.8, 4) is 5.75 Å². The zero-order valence-corrected chi connectivity index (χ0v) is 20.3. The van der Waals surface area contributed by atoms with Crippen LogP contribution >= 0.6 is 0 Å². The standard InChI is InChI=1S/C28H32N4O3/c1-19(33)9-5-3-8-12-25(28-30-18-26(32-28)20-10-6-4-7-11-20)31-27(34)15-21-17-29-24-14-13-22(35-2)16-23(21)24/h4,6-7,10-11,13-14,16-18,25,29,32H,3,5,8-9,12,15H2,1-2H3,(H,31,34)/q+1/t25-/m0/s1. The number of carbonyl (C=O) groups is 2. The van der Waals surface area contributed by atoms with E-state index < -0.39 is 0 Å². The van der Waals surface area contributed by atoms with Crippen molar-refractivity contribution in [3.05, 3.63) is 72.1 Å². The second-order valence-electron chi connectivity index (χ2n) is 8.87. The Bertz CT molecular complexity index is 1240. The molecule has 1 aliphatic rings. The average molecular weight is 473 g/mol. The number of benzene rings is 2. The van der Waals surface area contributed by atoms with Crippen molar-refractivity contribution in [1.82, 2.24) is 20.6 Å². The minimum Gasteiger partial charge on any atom is -0.497 e. The quantitative estimate of drug-likeness (QED) is 0.346. The number of amidine groups is 1. The Kier molecular flexibility index (Phi) is 7.98. The molecule has 0 aliphatic carbocycles. The van der Waals surface area contributed by atoms with Crippen molar-refractivity contribution in [2.24, 2.45) is 0 Å². The fourth-order valence-corrected chi connectivity index (χ4v) is 4.30. The van der Waals surface area contributed by atoms with Crippen molar-refractivity contribution in [1.29, 1.82) is 0 Å². The van der Waals surface area contributed by atoms with E-state index in [-0.39, 0.29) is 24.2 Å². The van der Waals surface area contributed by atoms with Gasteiger partial charge in [-0.15, -0.1) is 0 Å². The summed E-state index contributed by atoms with van der Waals surface area (Å²) < 4.78 is 5.34. The number of aliphatic imine (C=N–C) groups is 1. The van der Waals surface area contributed by atoms with Crippen molar-refractivity contribution in [2.75, 3.05) is 7.11 Å². The van der Waals surface area contributed by atoms with Gasteiger partial charge in [0, 0.05) is 29.1 Å². The predicted molar refractivity (Wildman–Crippen MR) is 139 cm³/mol. The van der Waals surface area contributed by atoms with Crippen LogP contribution in [0.2, 0.25) is 0 Å². The lowest BCUT2D eigenvalue weighted by atomic mass is 10.0. The van der Waals surface area contributed by atoms with Crippen LogP contribution < -0.4 is 20.4 Å². The first-order valence-corrected chi connectivity index (χ1v) is 12.1. The molecule has 1 aromatic heterocycles. The summed E-state index contributed by atoms with van der Waals surface area (Å²) in [5, 5.41) is 7.56. The molecule has 3 N–H and O–H groups in total. The smallest absolute Gasteiger partial charge is 0.319 e. The van der Waals surface area contributed by atoms with Gasteiger partial charge in [-0.1, -0.05) is 43.2 Å². The minimum absolute atomic E-state index is 0.0693. The maximum atomic E-state index is 13.1. The lowest BCUT2D eigenvalue weighted by Crippen LogP contribution is -2.47.